The summed E-state index contributed by atoms with van der Waals surface area (Å²) in [6.45, 7) is 0. The fraction of sp³-hybridized carbons (Fsp3) is 0. The van der Waals surface area contributed by atoms with Gasteiger partial charge in [-0.15, -0.1) is 10.2 Å². The Bertz CT molecular complexity index is 1280. The first-order valence-electron chi connectivity index (χ1n) is 9.49. The van der Waals surface area contributed by atoms with Crippen LogP contribution in [0.5, 0.6) is 0 Å². The lowest BCUT2D eigenvalue weighted by molar-refractivity contribution is 0.972. The minimum absolute atomic E-state index is 0.438. The molecule has 4 heterocycles. The minimum atomic E-state index is 0.438. The Kier molecular flexibility index (Phi) is 4.72. The van der Waals surface area contributed by atoms with Crippen LogP contribution in [0.4, 0.5) is 0 Å². The molecular weight excluding hydrogens is 372 g/mol. The number of rotatable bonds is 4. The average molecular weight is 388 g/mol. The van der Waals surface area contributed by atoms with Crippen LogP contribution in [0.25, 0.3) is 45.6 Å². The van der Waals surface area contributed by atoms with Gasteiger partial charge in [-0.05, 0) is 36.4 Å². The second kappa shape index (κ2) is 7.97. The zero-order chi connectivity index (χ0) is 20.2. The van der Waals surface area contributed by atoms with Crippen LogP contribution in [-0.2, 0) is 0 Å². The fourth-order valence-corrected chi connectivity index (χ4v) is 3.12. The van der Waals surface area contributed by atoms with Gasteiger partial charge in [0.1, 0.15) is 17.1 Å². The van der Waals surface area contributed by atoms with E-state index in [1.54, 1.807) is 12.4 Å². The maximum absolute atomic E-state index is 4.79. The van der Waals surface area contributed by atoms with E-state index in [0.29, 0.717) is 34.3 Å². The molecule has 142 valence electrons. The lowest BCUT2D eigenvalue weighted by Gasteiger charge is -2.09. The highest BCUT2D eigenvalue weighted by atomic mass is 15.2. The average Bonchev–Trinajstić information content (AvgIpc) is 2.85. The van der Waals surface area contributed by atoms with Crippen molar-refractivity contribution in [1.29, 1.82) is 0 Å². The maximum atomic E-state index is 4.79. The molecule has 6 nitrogen and oxygen atoms in total. The topological polar surface area (TPSA) is 77.3 Å². The zero-order valence-electron chi connectivity index (χ0n) is 15.9. The number of nitrogens with zero attached hydrogens (tertiary/aromatic N) is 6. The number of pyridine rings is 3. The summed E-state index contributed by atoms with van der Waals surface area (Å²) in [5.41, 5.74) is 5.12. The van der Waals surface area contributed by atoms with Gasteiger partial charge in [0, 0.05) is 18.0 Å². The highest BCUT2D eigenvalue weighted by molar-refractivity contribution is 5.75. The fourth-order valence-electron chi connectivity index (χ4n) is 3.12. The van der Waals surface area contributed by atoms with Crippen LogP contribution in [0.15, 0.2) is 97.3 Å². The Morgan fingerprint density at radius 1 is 0.433 bits per heavy atom. The predicted octanol–water partition coefficient (Wildman–Crippen LogP) is 4.72. The van der Waals surface area contributed by atoms with Crippen LogP contribution in [0.3, 0.4) is 0 Å². The van der Waals surface area contributed by atoms with Gasteiger partial charge >= 0.3 is 0 Å². The van der Waals surface area contributed by atoms with Gasteiger partial charge in [-0.3, -0.25) is 9.97 Å². The summed E-state index contributed by atoms with van der Waals surface area (Å²) in [4.78, 5) is 18.4. The van der Waals surface area contributed by atoms with Crippen molar-refractivity contribution in [3.8, 4) is 45.6 Å². The second-order valence-electron chi connectivity index (χ2n) is 6.54. The lowest BCUT2D eigenvalue weighted by atomic mass is 10.1. The van der Waals surface area contributed by atoms with E-state index in [4.69, 9.17) is 9.97 Å². The summed E-state index contributed by atoms with van der Waals surface area (Å²) in [7, 11) is 0. The minimum Gasteiger partial charge on any atom is -0.255 e. The van der Waals surface area contributed by atoms with Crippen LogP contribution in [0.1, 0.15) is 0 Å². The second-order valence-corrected chi connectivity index (χ2v) is 6.54. The first-order valence-corrected chi connectivity index (χ1v) is 9.49. The first kappa shape index (κ1) is 17.8. The van der Waals surface area contributed by atoms with Crippen molar-refractivity contribution >= 4 is 0 Å². The molecule has 0 spiro atoms. The molecule has 4 aromatic heterocycles. The molecule has 0 bridgehead atoms. The molecule has 0 aliphatic heterocycles. The van der Waals surface area contributed by atoms with Crippen molar-refractivity contribution in [2.24, 2.45) is 0 Å². The van der Waals surface area contributed by atoms with Crippen molar-refractivity contribution in [2.75, 3.05) is 0 Å². The molecule has 0 aliphatic rings. The van der Waals surface area contributed by atoms with Gasteiger partial charge in [0.15, 0.2) is 0 Å². The van der Waals surface area contributed by atoms with Gasteiger partial charge in [0.2, 0.25) is 5.82 Å². The van der Waals surface area contributed by atoms with E-state index in [1.165, 1.54) is 0 Å². The van der Waals surface area contributed by atoms with E-state index < -0.39 is 0 Å². The standard InChI is InChI=1S/C24H16N6/c1-2-9-17(10-3-1)18-13-8-14-21(27-18)24-28-22(19-11-4-6-15-25-19)23(29-30-24)20-12-5-7-16-26-20/h1-16H. The van der Waals surface area contributed by atoms with Crippen molar-refractivity contribution in [2.45, 2.75) is 0 Å². The molecule has 30 heavy (non-hydrogen) atoms. The highest BCUT2D eigenvalue weighted by Gasteiger charge is 2.17. The Hall–Kier alpha value is -4.32. The van der Waals surface area contributed by atoms with E-state index in [9.17, 15) is 0 Å². The smallest absolute Gasteiger partial charge is 0.201 e. The Labute approximate surface area is 173 Å². The predicted molar refractivity (Wildman–Crippen MR) is 115 cm³/mol. The van der Waals surface area contributed by atoms with Crippen LogP contribution < -0.4 is 0 Å². The van der Waals surface area contributed by atoms with E-state index in [2.05, 4.69) is 20.2 Å². The molecule has 0 saturated heterocycles. The molecule has 0 fully saturated rings. The normalized spacial score (nSPS) is 10.7. The molecule has 0 radical (unpaired) electrons. The van der Waals surface area contributed by atoms with E-state index in [1.807, 2.05) is 84.9 Å². The molecule has 6 heteroatoms. The number of hydrogen-bond acceptors (Lipinski definition) is 6. The van der Waals surface area contributed by atoms with Gasteiger partial charge < -0.3 is 0 Å². The molecular formula is C24H16N6. The molecule has 1 aromatic carbocycles. The van der Waals surface area contributed by atoms with Gasteiger partial charge in [0.25, 0.3) is 0 Å². The van der Waals surface area contributed by atoms with Crippen molar-refractivity contribution < 1.29 is 0 Å². The molecule has 0 unspecified atom stereocenters. The molecule has 0 saturated carbocycles. The Morgan fingerprint density at radius 2 is 1.07 bits per heavy atom. The summed E-state index contributed by atoms with van der Waals surface area (Å²) in [5.74, 6) is 0.438. The van der Waals surface area contributed by atoms with Crippen LogP contribution >= 0.6 is 0 Å². The summed E-state index contributed by atoms with van der Waals surface area (Å²) in [6.07, 6.45) is 3.45. The summed E-state index contributed by atoms with van der Waals surface area (Å²) < 4.78 is 0. The lowest BCUT2D eigenvalue weighted by Crippen LogP contribution is -2.03. The summed E-state index contributed by atoms with van der Waals surface area (Å²) in [6, 6.07) is 27.1. The molecule has 0 atom stereocenters. The van der Waals surface area contributed by atoms with Crippen LogP contribution in [0, 0.1) is 0 Å². The third kappa shape index (κ3) is 3.54. The maximum Gasteiger partial charge on any atom is 0.201 e. The largest absolute Gasteiger partial charge is 0.255 e. The third-order valence-electron chi connectivity index (χ3n) is 4.55. The van der Waals surface area contributed by atoms with Crippen LogP contribution in [-0.4, -0.2) is 30.1 Å². The van der Waals surface area contributed by atoms with Crippen molar-refractivity contribution in [3.63, 3.8) is 0 Å². The zero-order valence-corrected chi connectivity index (χ0v) is 15.9. The Morgan fingerprint density at radius 3 is 1.77 bits per heavy atom. The number of aromatic nitrogens is 6. The summed E-state index contributed by atoms with van der Waals surface area (Å²) in [5, 5.41) is 8.80. The first-order chi connectivity index (χ1) is 14.9. The highest BCUT2D eigenvalue weighted by Crippen LogP contribution is 2.28. The van der Waals surface area contributed by atoms with Crippen molar-refractivity contribution in [1.82, 2.24) is 30.1 Å². The molecule has 0 aliphatic carbocycles. The van der Waals surface area contributed by atoms with E-state index >= 15 is 0 Å². The summed E-state index contributed by atoms with van der Waals surface area (Å²) >= 11 is 0. The monoisotopic (exact) mass is 388 g/mol. The van der Waals surface area contributed by atoms with E-state index in [-0.39, 0.29) is 0 Å². The van der Waals surface area contributed by atoms with Crippen molar-refractivity contribution in [3.05, 3.63) is 97.3 Å². The van der Waals surface area contributed by atoms with Gasteiger partial charge in [-0.1, -0.05) is 48.5 Å². The number of benzene rings is 1. The Balaban J connectivity index is 1.64. The molecule has 0 N–H and O–H groups in total. The number of hydrogen-bond donors (Lipinski definition) is 0. The molecule has 0 amide bonds. The van der Waals surface area contributed by atoms with Gasteiger partial charge in [-0.2, -0.15) is 0 Å². The SMILES string of the molecule is c1ccc(-c2cccc(-c3nnc(-c4ccccn4)c(-c4ccccn4)n3)n2)cc1. The molecule has 5 rings (SSSR count). The van der Waals surface area contributed by atoms with Gasteiger partial charge in [-0.25, -0.2) is 9.97 Å². The quantitative estimate of drug-likeness (QED) is 0.443. The van der Waals surface area contributed by atoms with E-state index in [0.717, 1.165) is 11.3 Å². The third-order valence-corrected chi connectivity index (χ3v) is 4.55. The van der Waals surface area contributed by atoms with Gasteiger partial charge in [0.05, 0.1) is 17.1 Å². The van der Waals surface area contributed by atoms with Crippen LogP contribution in [0.2, 0.25) is 0 Å². The molecule has 5 aromatic rings.